The molecule has 2 rings (SSSR count). The van der Waals surface area contributed by atoms with E-state index in [1.165, 1.54) is 37.4 Å². The second-order valence-electron chi connectivity index (χ2n) is 4.84. The molecule has 0 saturated carbocycles. The van der Waals surface area contributed by atoms with Gasteiger partial charge in [0.25, 0.3) is 11.8 Å². The molecular formula is C18H14N2O5. The maximum atomic E-state index is 12.0. The molecule has 0 atom stereocenters. The van der Waals surface area contributed by atoms with Crippen LogP contribution >= 0.6 is 0 Å². The van der Waals surface area contributed by atoms with E-state index in [1.54, 1.807) is 18.2 Å². The van der Waals surface area contributed by atoms with Crippen LogP contribution in [-0.2, 0) is 9.53 Å². The molecule has 1 N–H and O–H groups in total. The van der Waals surface area contributed by atoms with Crippen molar-refractivity contribution in [2.75, 3.05) is 13.7 Å². The average Bonchev–Trinajstić information content (AvgIpc) is 2.66. The Labute approximate surface area is 143 Å². The first-order valence-electron chi connectivity index (χ1n) is 7.19. The molecule has 0 saturated heterocycles. The first-order chi connectivity index (χ1) is 12.0. The number of nitrogens with zero attached hydrogens (tertiary/aromatic N) is 1. The van der Waals surface area contributed by atoms with Gasteiger partial charge in [-0.05, 0) is 36.4 Å². The van der Waals surface area contributed by atoms with Crippen LogP contribution in [0.1, 0.15) is 26.3 Å². The molecule has 0 aliphatic carbocycles. The fraction of sp³-hybridized carbons (Fsp3) is 0.111. The molecule has 0 unspecified atom stereocenters. The molecule has 126 valence electrons. The van der Waals surface area contributed by atoms with E-state index >= 15 is 0 Å². The van der Waals surface area contributed by atoms with Crippen molar-refractivity contribution >= 4 is 17.8 Å². The molecular weight excluding hydrogens is 324 g/mol. The smallest absolute Gasteiger partial charge is 0.338 e. The number of hydrogen-bond acceptors (Lipinski definition) is 6. The lowest BCUT2D eigenvalue weighted by molar-refractivity contribution is -0.123. The maximum absolute atomic E-state index is 12.0. The van der Waals surface area contributed by atoms with E-state index in [2.05, 4.69) is 5.32 Å². The van der Waals surface area contributed by atoms with Gasteiger partial charge in [0.2, 0.25) is 0 Å². The summed E-state index contributed by atoms with van der Waals surface area (Å²) in [6.45, 7) is -0.611. The number of rotatable bonds is 5. The van der Waals surface area contributed by atoms with Crippen LogP contribution in [0.3, 0.4) is 0 Å². The third-order valence-electron chi connectivity index (χ3n) is 3.19. The second-order valence-corrected chi connectivity index (χ2v) is 4.84. The van der Waals surface area contributed by atoms with Crippen LogP contribution in [0.25, 0.3) is 0 Å². The number of carbonyl (C=O) groups excluding carboxylic acids is 3. The maximum Gasteiger partial charge on any atom is 0.338 e. The Bertz CT molecular complexity index is 837. The van der Waals surface area contributed by atoms with Crippen LogP contribution in [0, 0.1) is 11.3 Å². The first-order valence-corrected chi connectivity index (χ1v) is 7.19. The van der Waals surface area contributed by atoms with Crippen molar-refractivity contribution in [3.05, 3.63) is 65.2 Å². The van der Waals surface area contributed by atoms with Crippen LogP contribution in [0.15, 0.2) is 48.5 Å². The molecule has 2 amide bonds. The Morgan fingerprint density at radius 3 is 2.40 bits per heavy atom. The lowest BCUT2D eigenvalue weighted by Crippen LogP contribution is -2.34. The average molecular weight is 338 g/mol. The highest BCUT2D eigenvalue weighted by Crippen LogP contribution is 2.16. The summed E-state index contributed by atoms with van der Waals surface area (Å²) < 4.78 is 9.88. The summed E-state index contributed by atoms with van der Waals surface area (Å²) in [5.74, 6) is -1.83. The minimum atomic E-state index is -0.766. The van der Waals surface area contributed by atoms with Crippen molar-refractivity contribution in [2.24, 2.45) is 0 Å². The summed E-state index contributed by atoms with van der Waals surface area (Å²) in [7, 11) is 1.41. The van der Waals surface area contributed by atoms with Gasteiger partial charge in [-0.25, -0.2) is 4.79 Å². The fourth-order valence-electron chi connectivity index (χ4n) is 1.96. The predicted molar refractivity (Wildman–Crippen MR) is 86.9 cm³/mol. The molecule has 0 heterocycles. The number of nitriles is 1. The normalized spacial score (nSPS) is 9.60. The number of imide groups is 1. The molecule has 0 aliphatic rings. The van der Waals surface area contributed by atoms with E-state index in [4.69, 9.17) is 14.7 Å². The van der Waals surface area contributed by atoms with Crippen molar-refractivity contribution in [2.45, 2.75) is 0 Å². The van der Waals surface area contributed by atoms with Gasteiger partial charge in [-0.15, -0.1) is 0 Å². The molecule has 0 aliphatic heterocycles. The van der Waals surface area contributed by atoms with Gasteiger partial charge in [0.05, 0.1) is 29.9 Å². The van der Waals surface area contributed by atoms with Crippen LogP contribution in [0.2, 0.25) is 0 Å². The summed E-state index contributed by atoms with van der Waals surface area (Å²) in [6.07, 6.45) is 0. The molecule has 25 heavy (non-hydrogen) atoms. The SMILES string of the molecule is COc1ccccc1C(=O)NC(=O)COC(=O)c1ccc(C#N)cc1. The zero-order valence-corrected chi connectivity index (χ0v) is 13.3. The van der Waals surface area contributed by atoms with Gasteiger partial charge in [-0.2, -0.15) is 5.26 Å². The van der Waals surface area contributed by atoms with E-state index in [9.17, 15) is 14.4 Å². The molecule has 0 bridgehead atoms. The molecule has 7 heteroatoms. The van der Waals surface area contributed by atoms with Crippen LogP contribution in [0.4, 0.5) is 0 Å². The largest absolute Gasteiger partial charge is 0.496 e. The number of benzene rings is 2. The summed E-state index contributed by atoms with van der Waals surface area (Å²) in [6, 6.07) is 14.1. The van der Waals surface area contributed by atoms with Gasteiger partial charge >= 0.3 is 5.97 Å². The number of methoxy groups -OCH3 is 1. The third-order valence-corrected chi connectivity index (χ3v) is 3.19. The minimum absolute atomic E-state index is 0.191. The number of carbonyl (C=O) groups is 3. The molecule has 0 radical (unpaired) electrons. The molecule has 2 aromatic rings. The van der Waals surface area contributed by atoms with Crippen molar-refractivity contribution in [3.8, 4) is 11.8 Å². The van der Waals surface area contributed by atoms with Crippen LogP contribution in [0.5, 0.6) is 5.75 Å². The third kappa shape index (κ3) is 4.65. The zero-order valence-electron chi connectivity index (χ0n) is 13.3. The summed E-state index contributed by atoms with van der Waals surface area (Å²) in [5, 5.41) is 10.8. The van der Waals surface area contributed by atoms with E-state index < -0.39 is 24.4 Å². The van der Waals surface area contributed by atoms with E-state index in [1.807, 2.05) is 6.07 Å². The second kappa shape index (κ2) is 8.26. The predicted octanol–water partition coefficient (Wildman–Crippen LogP) is 1.68. The van der Waals surface area contributed by atoms with E-state index in [0.29, 0.717) is 11.3 Å². The minimum Gasteiger partial charge on any atom is -0.496 e. The highest BCUT2D eigenvalue weighted by Gasteiger charge is 2.16. The van der Waals surface area contributed by atoms with E-state index in [-0.39, 0.29) is 11.1 Å². The molecule has 0 aromatic heterocycles. The Kier molecular flexibility index (Phi) is 5.85. The lowest BCUT2D eigenvalue weighted by Gasteiger charge is -2.08. The Morgan fingerprint density at radius 1 is 1.08 bits per heavy atom. The lowest BCUT2D eigenvalue weighted by atomic mass is 10.1. The van der Waals surface area contributed by atoms with Gasteiger partial charge in [-0.1, -0.05) is 12.1 Å². The van der Waals surface area contributed by atoms with Crippen molar-refractivity contribution in [1.29, 1.82) is 5.26 Å². The number of amides is 2. The van der Waals surface area contributed by atoms with Crippen molar-refractivity contribution < 1.29 is 23.9 Å². The topological polar surface area (TPSA) is 105 Å². The van der Waals surface area contributed by atoms with Gasteiger partial charge in [0.1, 0.15) is 5.75 Å². The fourth-order valence-corrected chi connectivity index (χ4v) is 1.96. The molecule has 0 fully saturated rings. The summed E-state index contributed by atoms with van der Waals surface area (Å²) >= 11 is 0. The highest BCUT2D eigenvalue weighted by molar-refractivity contribution is 6.07. The summed E-state index contributed by atoms with van der Waals surface area (Å²) in [5.41, 5.74) is 0.788. The van der Waals surface area contributed by atoms with Gasteiger partial charge < -0.3 is 9.47 Å². The number of esters is 1. The monoisotopic (exact) mass is 338 g/mol. The van der Waals surface area contributed by atoms with Gasteiger partial charge in [0, 0.05) is 0 Å². The highest BCUT2D eigenvalue weighted by atomic mass is 16.5. The van der Waals surface area contributed by atoms with E-state index in [0.717, 1.165) is 0 Å². The molecule has 7 nitrogen and oxygen atoms in total. The quantitative estimate of drug-likeness (QED) is 0.832. The standard InChI is InChI=1S/C18H14N2O5/c1-24-15-5-3-2-4-14(15)17(22)20-16(21)11-25-18(23)13-8-6-12(10-19)7-9-13/h2-9H,11H2,1H3,(H,20,21,22). The first kappa shape index (κ1) is 17.7. The zero-order chi connectivity index (χ0) is 18.2. The number of para-hydroxylation sites is 1. The molecule has 2 aromatic carbocycles. The number of ether oxygens (including phenoxy) is 2. The van der Waals surface area contributed by atoms with Crippen molar-refractivity contribution in [1.82, 2.24) is 5.32 Å². The van der Waals surface area contributed by atoms with Gasteiger partial charge in [0.15, 0.2) is 6.61 Å². The van der Waals surface area contributed by atoms with Crippen LogP contribution < -0.4 is 10.1 Å². The van der Waals surface area contributed by atoms with Crippen LogP contribution in [-0.4, -0.2) is 31.5 Å². The molecule has 0 spiro atoms. The summed E-state index contributed by atoms with van der Waals surface area (Å²) in [4.78, 5) is 35.6. The number of hydrogen-bond donors (Lipinski definition) is 1. The van der Waals surface area contributed by atoms with Crippen molar-refractivity contribution in [3.63, 3.8) is 0 Å². The Morgan fingerprint density at radius 2 is 1.76 bits per heavy atom. The Balaban J connectivity index is 1.90. The van der Waals surface area contributed by atoms with Gasteiger partial charge in [-0.3, -0.25) is 14.9 Å². The number of nitrogens with one attached hydrogen (secondary N) is 1. The Hall–Kier alpha value is -3.66.